The number of rotatable bonds is 7. The van der Waals surface area contributed by atoms with Crippen molar-refractivity contribution in [2.24, 2.45) is 5.41 Å². The minimum Gasteiger partial charge on any atom is -0.481 e. The lowest BCUT2D eigenvalue weighted by molar-refractivity contribution is -0.146. The zero-order chi connectivity index (χ0) is 12.1. The summed E-state index contributed by atoms with van der Waals surface area (Å²) in [4.78, 5) is 10.8. The molecule has 15 heavy (non-hydrogen) atoms. The molecule has 0 aliphatic rings. The van der Waals surface area contributed by atoms with Gasteiger partial charge in [-0.15, -0.1) is 0 Å². The summed E-state index contributed by atoms with van der Waals surface area (Å²) in [6, 6.07) is 0.201. The van der Waals surface area contributed by atoms with E-state index >= 15 is 0 Å². The quantitative estimate of drug-likeness (QED) is 0.686. The number of carboxylic acids is 1. The molecular formula is C10H21NO3S. The highest BCUT2D eigenvalue weighted by molar-refractivity contribution is 7.84. The predicted molar refractivity (Wildman–Crippen MR) is 62.4 cm³/mol. The predicted octanol–water partition coefficient (Wildman–Crippen LogP) is 0.844. The maximum atomic E-state index is 10.8. The summed E-state index contributed by atoms with van der Waals surface area (Å²) in [6.07, 6.45) is 2.48. The molecule has 0 spiro atoms. The van der Waals surface area contributed by atoms with E-state index in [1.165, 1.54) is 0 Å². The lowest BCUT2D eigenvalue weighted by Gasteiger charge is -2.22. The van der Waals surface area contributed by atoms with Gasteiger partial charge in [-0.05, 0) is 27.2 Å². The zero-order valence-corrected chi connectivity index (χ0v) is 10.7. The van der Waals surface area contributed by atoms with E-state index in [2.05, 4.69) is 5.32 Å². The molecule has 0 fully saturated rings. The summed E-state index contributed by atoms with van der Waals surface area (Å²) < 4.78 is 10.8. The van der Waals surface area contributed by atoms with Gasteiger partial charge in [0.15, 0.2) is 0 Å². The van der Waals surface area contributed by atoms with E-state index in [4.69, 9.17) is 5.11 Å². The van der Waals surface area contributed by atoms with Crippen molar-refractivity contribution in [1.29, 1.82) is 0 Å². The highest BCUT2D eigenvalue weighted by atomic mass is 32.2. The second kappa shape index (κ2) is 6.23. The van der Waals surface area contributed by atoms with E-state index in [0.29, 0.717) is 12.3 Å². The van der Waals surface area contributed by atoms with Gasteiger partial charge in [-0.3, -0.25) is 9.00 Å². The first-order chi connectivity index (χ1) is 6.75. The molecule has 5 heteroatoms. The van der Waals surface area contributed by atoms with Crippen LogP contribution < -0.4 is 5.32 Å². The molecule has 0 aromatic carbocycles. The number of aliphatic carboxylic acids is 1. The van der Waals surface area contributed by atoms with Gasteiger partial charge in [0, 0.05) is 35.4 Å². The minimum absolute atomic E-state index is 0.201. The van der Waals surface area contributed by atoms with Gasteiger partial charge in [-0.1, -0.05) is 0 Å². The van der Waals surface area contributed by atoms with Crippen molar-refractivity contribution in [3.05, 3.63) is 0 Å². The van der Waals surface area contributed by atoms with E-state index < -0.39 is 22.2 Å². The molecule has 0 aromatic rings. The summed E-state index contributed by atoms with van der Waals surface area (Å²) in [5, 5.41) is 12.0. The van der Waals surface area contributed by atoms with E-state index in [9.17, 15) is 9.00 Å². The molecule has 0 radical (unpaired) electrons. The Morgan fingerprint density at radius 1 is 1.53 bits per heavy atom. The Bertz CT molecular complexity index is 241. The maximum absolute atomic E-state index is 10.8. The van der Waals surface area contributed by atoms with E-state index in [1.807, 2.05) is 6.92 Å². The van der Waals surface area contributed by atoms with Gasteiger partial charge in [0.25, 0.3) is 0 Å². The van der Waals surface area contributed by atoms with Crippen LogP contribution in [0.1, 0.15) is 27.2 Å². The average molecular weight is 235 g/mol. The summed E-state index contributed by atoms with van der Waals surface area (Å²) in [7, 11) is -0.776. The van der Waals surface area contributed by atoms with Crippen molar-refractivity contribution in [2.75, 3.05) is 18.6 Å². The summed E-state index contributed by atoms with van der Waals surface area (Å²) in [5.41, 5.74) is -0.750. The van der Waals surface area contributed by atoms with Crippen molar-refractivity contribution in [1.82, 2.24) is 5.32 Å². The molecule has 0 rings (SSSR count). The Morgan fingerprint density at radius 3 is 2.47 bits per heavy atom. The van der Waals surface area contributed by atoms with Crippen molar-refractivity contribution >= 4 is 16.8 Å². The third-order valence-corrected chi connectivity index (χ3v) is 3.12. The molecule has 0 aliphatic heterocycles. The Balaban J connectivity index is 3.84. The first kappa shape index (κ1) is 14.6. The van der Waals surface area contributed by atoms with Crippen LogP contribution in [0.2, 0.25) is 0 Å². The van der Waals surface area contributed by atoms with Crippen molar-refractivity contribution in [3.63, 3.8) is 0 Å². The Hall–Kier alpha value is -0.420. The van der Waals surface area contributed by atoms with Crippen molar-refractivity contribution in [3.8, 4) is 0 Å². The molecule has 0 heterocycles. The molecule has 4 nitrogen and oxygen atoms in total. The van der Waals surface area contributed by atoms with Crippen LogP contribution in [-0.4, -0.2) is 39.9 Å². The highest BCUT2D eigenvalue weighted by Crippen LogP contribution is 2.13. The minimum atomic E-state index is -0.804. The standard InChI is InChI=1S/C10H21NO3S/c1-8(5-6-15(4)14)11-7-10(2,3)9(12)13/h8,11H,5-7H2,1-4H3,(H,12,13). The molecule has 0 saturated carbocycles. The second-order valence-corrected chi connectivity index (χ2v) is 6.09. The Morgan fingerprint density at radius 2 is 2.07 bits per heavy atom. The first-order valence-corrected chi connectivity index (χ1v) is 6.75. The molecule has 0 bridgehead atoms. The van der Waals surface area contributed by atoms with E-state index in [-0.39, 0.29) is 6.04 Å². The maximum Gasteiger partial charge on any atom is 0.310 e. The average Bonchev–Trinajstić information content (AvgIpc) is 2.11. The van der Waals surface area contributed by atoms with Gasteiger partial charge >= 0.3 is 5.97 Å². The van der Waals surface area contributed by atoms with Gasteiger partial charge in [0.05, 0.1) is 5.41 Å². The third-order valence-electron chi connectivity index (χ3n) is 2.31. The molecule has 0 amide bonds. The van der Waals surface area contributed by atoms with Crippen LogP contribution in [0.5, 0.6) is 0 Å². The molecule has 2 N–H and O–H groups in total. The fraction of sp³-hybridized carbons (Fsp3) is 0.900. The normalized spacial score (nSPS) is 16.0. The van der Waals surface area contributed by atoms with Crippen LogP contribution >= 0.6 is 0 Å². The number of hydrogen-bond donors (Lipinski definition) is 2. The molecule has 2 atom stereocenters. The number of carbonyl (C=O) groups is 1. The molecular weight excluding hydrogens is 214 g/mol. The van der Waals surface area contributed by atoms with Crippen LogP contribution in [-0.2, 0) is 15.6 Å². The van der Waals surface area contributed by atoms with Gasteiger partial charge in [-0.2, -0.15) is 0 Å². The molecule has 0 aromatic heterocycles. The SMILES string of the molecule is CC(CCS(C)=O)NCC(C)(C)C(=O)O. The smallest absolute Gasteiger partial charge is 0.310 e. The lowest BCUT2D eigenvalue weighted by atomic mass is 9.93. The van der Waals surface area contributed by atoms with Gasteiger partial charge in [0.2, 0.25) is 0 Å². The number of carboxylic acid groups (broad SMARTS) is 1. The topological polar surface area (TPSA) is 66.4 Å². The third kappa shape index (κ3) is 6.62. The highest BCUT2D eigenvalue weighted by Gasteiger charge is 2.26. The van der Waals surface area contributed by atoms with Gasteiger partial charge in [0.1, 0.15) is 0 Å². The fourth-order valence-electron chi connectivity index (χ4n) is 0.950. The van der Waals surface area contributed by atoms with Crippen LogP contribution in [0.15, 0.2) is 0 Å². The van der Waals surface area contributed by atoms with Gasteiger partial charge in [-0.25, -0.2) is 0 Å². The number of nitrogens with one attached hydrogen (secondary N) is 1. The van der Waals surface area contributed by atoms with E-state index in [1.54, 1.807) is 20.1 Å². The molecule has 0 saturated heterocycles. The van der Waals surface area contributed by atoms with Crippen LogP contribution in [0.4, 0.5) is 0 Å². The zero-order valence-electron chi connectivity index (χ0n) is 9.87. The summed E-state index contributed by atoms with van der Waals surface area (Å²) in [6.45, 7) is 5.78. The number of hydrogen-bond acceptors (Lipinski definition) is 3. The Labute approximate surface area is 93.9 Å². The molecule has 0 aliphatic carbocycles. The summed E-state index contributed by atoms with van der Waals surface area (Å²) >= 11 is 0. The van der Waals surface area contributed by atoms with Crippen LogP contribution in [0.25, 0.3) is 0 Å². The molecule has 2 unspecified atom stereocenters. The van der Waals surface area contributed by atoms with E-state index in [0.717, 1.165) is 6.42 Å². The van der Waals surface area contributed by atoms with Crippen molar-refractivity contribution in [2.45, 2.75) is 33.2 Å². The Kier molecular flexibility index (Phi) is 6.05. The summed E-state index contributed by atoms with van der Waals surface area (Å²) in [5.74, 6) is -0.150. The fourth-order valence-corrected chi connectivity index (χ4v) is 1.64. The lowest BCUT2D eigenvalue weighted by Crippen LogP contribution is -2.40. The molecule has 90 valence electrons. The van der Waals surface area contributed by atoms with Crippen molar-refractivity contribution < 1.29 is 14.1 Å². The largest absolute Gasteiger partial charge is 0.481 e. The van der Waals surface area contributed by atoms with Crippen LogP contribution in [0, 0.1) is 5.41 Å². The monoisotopic (exact) mass is 235 g/mol. The first-order valence-electron chi connectivity index (χ1n) is 5.02. The second-order valence-electron chi connectivity index (χ2n) is 4.54. The van der Waals surface area contributed by atoms with Crippen LogP contribution in [0.3, 0.4) is 0 Å². The van der Waals surface area contributed by atoms with Gasteiger partial charge < -0.3 is 10.4 Å².